The summed E-state index contributed by atoms with van der Waals surface area (Å²) in [5, 5.41) is 21.9. The van der Waals surface area contributed by atoms with Crippen LogP contribution in [0.1, 0.15) is 17.3 Å². The number of nitrogens with zero attached hydrogens (tertiary/aromatic N) is 3. The third-order valence-electron chi connectivity index (χ3n) is 4.25. The Kier molecular flexibility index (Phi) is 7.91. The number of phenolic OH excluding ortho intramolecular Hbond substituents is 1. The summed E-state index contributed by atoms with van der Waals surface area (Å²) in [5.41, 5.74) is 1.13. The molecule has 0 saturated carbocycles. The smallest absolute Gasteiger partial charge is 0.339 e. The molecule has 0 fully saturated rings. The molecule has 1 aromatic heterocycles. The number of halogens is 1. The lowest BCUT2D eigenvalue weighted by atomic mass is 10.2. The number of allylic oxidation sites excluding steroid dienone is 1. The van der Waals surface area contributed by atoms with E-state index in [9.17, 15) is 14.7 Å². The number of aromatic hydroxyl groups is 1. The number of hydrogen-bond acceptors (Lipinski definition) is 7. The Morgan fingerprint density at radius 2 is 2.06 bits per heavy atom. The molecule has 3 rings (SSSR count). The third-order valence-corrected chi connectivity index (χ3v) is 5.55. The molecule has 0 aliphatic carbocycles. The van der Waals surface area contributed by atoms with Gasteiger partial charge in [0.15, 0.2) is 11.0 Å². The highest BCUT2D eigenvalue weighted by Crippen LogP contribution is 2.30. The highest BCUT2D eigenvalue weighted by Gasteiger charge is 2.18. The van der Waals surface area contributed by atoms with Crippen LogP contribution < -0.4 is 5.32 Å². The van der Waals surface area contributed by atoms with Crippen molar-refractivity contribution in [3.05, 3.63) is 65.7 Å². The Morgan fingerprint density at radius 3 is 2.78 bits per heavy atom. The second-order valence-corrected chi connectivity index (χ2v) is 7.82. The van der Waals surface area contributed by atoms with E-state index in [4.69, 9.17) is 16.3 Å². The molecule has 2 aromatic carbocycles. The lowest BCUT2D eigenvalue weighted by Gasteiger charge is -2.10. The third kappa shape index (κ3) is 5.49. The summed E-state index contributed by atoms with van der Waals surface area (Å²) < 4.78 is 6.74. The molecule has 0 unspecified atom stereocenters. The van der Waals surface area contributed by atoms with Gasteiger partial charge in [-0.1, -0.05) is 41.6 Å². The largest absolute Gasteiger partial charge is 0.507 e. The summed E-state index contributed by atoms with van der Waals surface area (Å²) in [7, 11) is 0. The molecular weight excluding hydrogens is 452 g/mol. The van der Waals surface area contributed by atoms with E-state index in [0.29, 0.717) is 28.8 Å². The zero-order chi connectivity index (χ0) is 23.1. The van der Waals surface area contributed by atoms with Crippen LogP contribution in [0.5, 0.6) is 5.75 Å². The number of hydrogen-bond donors (Lipinski definition) is 2. The van der Waals surface area contributed by atoms with Crippen molar-refractivity contribution in [2.45, 2.75) is 18.6 Å². The van der Waals surface area contributed by atoms with Crippen molar-refractivity contribution in [2.75, 3.05) is 17.7 Å². The second-order valence-electron chi connectivity index (χ2n) is 6.47. The van der Waals surface area contributed by atoms with Gasteiger partial charge in [-0.2, -0.15) is 0 Å². The number of rotatable bonds is 9. The number of esters is 1. The molecule has 0 spiro atoms. The summed E-state index contributed by atoms with van der Waals surface area (Å²) in [4.78, 5) is 24.5. The molecule has 0 saturated heterocycles. The summed E-state index contributed by atoms with van der Waals surface area (Å²) in [6, 6.07) is 11.4. The average Bonchev–Trinajstić information content (AvgIpc) is 3.16. The number of amides is 1. The number of carbonyl (C=O) groups excluding carboxylic acids is 2. The predicted octanol–water partition coefficient (Wildman–Crippen LogP) is 4.40. The van der Waals surface area contributed by atoms with Crippen LogP contribution in [0.3, 0.4) is 0 Å². The van der Waals surface area contributed by atoms with Crippen LogP contribution in [-0.4, -0.2) is 44.1 Å². The maximum Gasteiger partial charge on any atom is 0.339 e. The lowest BCUT2D eigenvalue weighted by Crippen LogP contribution is -2.15. The van der Waals surface area contributed by atoms with Gasteiger partial charge in [0.05, 0.1) is 28.5 Å². The first-order valence-corrected chi connectivity index (χ1v) is 11.0. The average molecular weight is 473 g/mol. The Bertz CT molecular complexity index is 1150. The van der Waals surface area contributed by atoms with Crippen LogP contribution in [0, 0.1) is 0 Å². The molecular formula is C22H21ClN4O4S. The zero-order valence-corrected chi connectivity index (χ0v) is 18.8. The number of benzene rings is 2. The van der Waals surface area contributed by atoms with Gasteiger partial charge in [0.2, 0.25) is 5.91 Å². The molecule has 0 aliphatic rings. The standard InChI is InChI=1S/C22H21ClN4O4S/c1-3-11-27-20(15-7-5-6-8-18(15)28)25-26-22(27)32-13-19(29)24-14-9-10-17(23)16(12-14)21(30)31-4-2/h3,5-10,12,28H,1,4,11,13H2,2H3,(H,24,29). The number of carbonyl (C=O) groups is 2. The minimum atomic E-state index is -0.558. The number of thioether (sulfide) groups is 1. The molecule has 10 heteroatoms. The topological polar surface area (TPSA) is 106 Å². The highest BCUT2D eigenvalue weighted by molar-refractivity contribution is 7.99. The summed E-state index contributed by atoms with van der Waals surface area (Å²) in [5.74, 6) is -0.253. The van der Waals surface area contributed by atoms with Crippen molar-refractivity contribution in [1.82, 2.24) is 14.8 Å². The van der Waals surface area contributed by atoms with Crippen LogP contribution >= 0.6 is 23.4 Å². The van der Waals surface area contributed by atoms with Crippen molar-refractivity contribution in [3.8, 4) is 17.1 Å². The molecule has 0 bridgehead atoms. The Morgan fingerprint density at radius 1 is 1.28 bits per heavy atom. The molecule has 2 N–H and O–H groups in total. The van der Waals surface area contributed by atoms with Gasteiger partial charge in [-0.25, -0.2) is 4.79 Å². The monoisotopic (exact) mass is 472 g/mol. The molecule has 0 radical (unpaired) electrons. The molecule has 1 heterocycles. The van der Waals surface area contributed by atoms with Gasteiger partial charge in [0.1, 0.15) is 5.75 Å². The van der Waals surface area contributed by atoms with Gasteiger partial charge in [-0.15, -0.1) is 16.8 Å². The maximum atomic E-state index is 12.5. The summed E-state index contributed by atoms with van der Waals surface area (Å²) in [6.07, 6.45) is 1.68. The first kappa shape index (κ1) is 23.4. The van der Waals surface area contributed by atoms with Gasteiger partial charge < -0.3 is 15.2 Å². The van der Waals surface area contributed by atoms with Gasteiger partial charge in [0, 0.05) is 12.2 Å². The molecule has 32 heavy (non-hydrogen) atoms. The number of nitrogens with one attached hydrogen (secondary N) is 1. The fourth-order valence-electron chi connectivity index (χ4n) is 2.85. The van der Waals surface area contributed by atoms with Crippen LogP contribution in [0.2, 0.25) is 5.02 Å². The first-order chi connectivity index (χ1) is 15.4. The highest BCUT2D eigenvalue weighted by atomic mass is 35.5. The molecule has 0 aliphatic heterocycles. The molecule has 0 atom stereocenters. The van der Waals surface area contributed by atoms with Gasteiger partial charge in [0.25, 0.3) is 0 Å². The minimum absolute atomic E-state index is 0.0490. The van der Waals surface area contributed by atoms with Crippen LogP contribution in [0.25, 0.3) is 11.4 Å². The Balaban J connectivity index is 1.72. The molecule has 166 valence electrons. The number of phenols is 1. The van der Waals surface area contributed by atoms with Crippen molar-refractivity contribution < 1.29 is 19.4 Å². The summed E-state index contributed by atoms with van der Waals surface area (Å²) >= 11 is 7.24. The van der Waals surface area contributed by atoms with Crippen LogP contribution in [0.4, 0.5) is 5.69 Å². The second kappa shape index (κ2) is 10.8. The minimum Gasteiger partial charge on any atom is -0.507 e. The predicted molar refractivity (Wildman–Crippen MR) is 124 cm³/mol. The number of ether oxygens (including phenoxy) is 1. The van der Waals surface area contributed by atoms with Crippen molar-refractivity contribution >= 4 is 40.9 Å². The van der Waals surface area contributed by atoms with E-state index < -0.39 is 5.97 Å². The lowest BCUT2D eigenvalue weighted by molar-refractivity contribution is -0.113. The van der Waals surface area contributed by atoms with E-state index in [-0.39, 0.29) is 34.6 Å². The SMILES string of the molecule is C=CCn1c(SCC(=O)Nc2ccc(Cl)c(C(=O)OCC)c2)nnc1-c1ccccc1O. The van der Waals surface area contributed by atoms with E-state index in [0.717, 1.165) is 0 Å². The maximum absolute atomic E-state index is 12.5. The fourth-order valence-corrected chi connectivity index (χ4v) is 3.79. The first-order valence-electron chi connectivity index (χ1n) is 9.66. The Hall–Kier alpha value is -3.30. The van der Waals surface area contributed by atoms with Crippen LogP contribution in [0.15, 0.2) is 60.3 Å². The molecule has 3 aromatic rings. The fraction of sp³-hybridized carbons (Fsp3) is 0.182. The van der Waals surface area contributed by atoms with E-state index in [1.54, 1.807) is 47.9 Å². The van der Waals surface area contributed by atoms with Crippen molar-refractivity contribution in [2.24, 2.45) is 0 Å². The van der Waals surface area contributed by atoms with E-state index in [1.165, 1.54) is 23.9 Å². The quantitative estimate of drug-likeness (QED) is 0.270. The number of para-hydroxylation sites is 1. The Labute approximate surface area is 194 Å². The molecule has 1 amide bonds. The molecule has 8 nitrogen and oxygen atoms in total. The van der Waals surface area contributed by atoms with Crippen molar-refractivity contribution in [3.63, 3.8) is 0 Å². The number of anilines is 1. The van der Waals surface area contributed by atoms with Crippen LogP contribution in [-0.2, 0) is 16.1 Å². The normalized spacial score (nSPS) is 10.6. The zero-order valence-electron chi connectivity index (χ0n) is 17.2. The van der Waals surface area contributed by atoms with E-state index in [1.807, 2.05) is 0 Å². The van der Waals surface area contributed by atoms with E-state index in [2.05, 4.69) is 22.1 Å². The van der Waals surface area contributed by atoms with E-state index >= 15 is 0 Å². The van der Waals surface area contributed by atoms with Gasteiger partial charge in [-0.3, -0.25) is 9.36 Å². The summed E-state index contributed by atoms with van der Waals surface area (Å²) in [6.45, 7) is 6.07. The number of aromatic nitrogens is 3. The van der Waals surface area contributed by atoms with Gasteiger partial charge >= 0.3 is 5.97 Å². The van der Waals surface area contributed by atoms with Gasteiger partial charge in [-0.05, 0) is 37.3 Å². The van der Waals surface area contributed by atoms with Crippen molar-refractivity contribution in [1.29, 1.82) is 0 Å².